The maximum atomic E-state index is 12.4. The van der Waals surface area contributed by atoms with Crippen molar-refractivity contribution in [2.75, 3.05) is 45.8 Å². The first-order chi connectivity index (χ1) is 11.7. The predicted octanol–water partition coefficient (Wildman–Crippen LogP) is 1.03. The smallest absolute Gasteiger partial charge is 0.225 e. The van der Waals surface area contributed by atoms with Crippen molar-refractivity contribution in [2.24, 2.45) is 22.6 Å². The summed E-state index contributed by atoms with van der Waals surface area (Å²) in [6.07, 6.45) is 8.62. The van der Waals surface area contributed by atoms with Crippen molar-refractivity contribution in [3.05, 3.63) is 0 Å². The second-order valence-corrected chi connectivity index (χ2v) is 7.60. The molecule has 2 aliphatic carbocycles. The highest BCUT2D eigenvalue weighted by Gasteiger charge is 2.29. The van der Waals surface area contributed by atoms with Crippen molar-refractivity contribution in [3.8, 4) is 0 Å². The van der Waals surface area contributed by atoms with Gasteiger partial charge in [0, 0.05) is 51.7 Å². The van der Waals surface area contributed by atoms with Crippen molar-refractivity contribution in [1.82, 2.24) is 15.1 Å². The first-order valence-corrected chi connectivity index (χ1v) is 9.77. The molecule has 24 heavy (non-hydrogen) atoms. The average molecular weight is 335 g/mol. The lowest BCUT2D eigenvalue weighted by molar-refractivity contribution is -0.137. The Kier molecular flexibility index (Phi) is 6.35. The van der Waals surface area contributed by atoms with E-state index in [1.807, 2.05) is 0 Å². The molecule has 1 saturated heterocycles. The molecule has 3 N–H and O–H groups in total. The molecule has 0 radical (unpaired) electrons. The lowest BCUT2D eigenvalue weighted by Crippen LogP contribution is -2.51. The van der Waals surface area contributed by atoms with E-state index in [0.29, 0.717) is 17.8 Å². The van der Waals surface area contributed by atoms with E-state index in [2.05, 4.69) is 20.1 Å². The maximum Gasteiger partial charge on any atom is 0.225 e. The zero-order chi connectivity index (χ0) is 16.8. The van der Waals surface area contributed by atoms with Crippen molar-refractivity contribution >= 4 is 11.9 Å². The van der Waals surface area contributed by atoms with Gasteiger partial charge in [0.2, 0.25) is 5.91 Å². The van der Waals surface area contributed by atoms with Crippen LogP contribution in [0.3, 0.4) is 0 Å². The number of hydrogen-bond acceptors (Lipinski definition) is 3. The highest BCUT2D eigenvalue weighted by Crippen LogP contribution is 2.27. The number of carbonyl (C=O) groups is 1. The van der Waals surface area contributed by atoms with Crippen molar-refractivity contribution in [3.63, 3.8) is 0 Å². The summed E-state index contributed by atoms with van der Waals surface area (Å²) in [5.41, 5.74) is 5.92. The van der Waals surface area contributed by atoms with E-state index >= 15 is 0 Å². The van der Waals surface area contributed by atoms with Gasteiger partial charge in [0.1, 0.15) is 0 Å². The second kappa shape index (κ2) is 8.70. The molecular formula is C18H33N5O. The zero-order valence-corrected chi connectivity index (χ0v) is 14.9. The van der Waals surface area contributed by atoms with Crippen molar-refractivity contribution in [2.45, 2.75) is 44.9 Å². The van der Waals surface area contributed by atoms with E-state index in [1.54, 1.807) is 0 Å². The standard InChI is InChI=1S/C18H33N5O/c19-18(21-14-15-4-3-5-15)20-8-9-22-10-12-23(13-11-22)17(24)16-6-1-2-7-16/h15-16H,1-14H2,(H3,19,20,21). The van der Waals surface area contributed by atoms with E-state index in [0.717, 1.165) is 64.6 Å². The molecule has 1 aliphatic heterocycles. The highest BCUT2D eigenvalue weighted by molar-refractivity contribution is 5.79. The van der Waals surface area contributed by atoms with Gasteiger partial charge in [-0.2, -0.15) is 0 Å². The van der Waals surface area contributed by atoms with Gasteiger partial charge < -0.3 is 16.0 Å². The first-order valence-electron chi connectivity index (χ1n) is 9.77. The number of rotatable bonds is 6. The quantitative estimate of drug-likeness (QED) is 0.561. The number of aliphatic imine (C=N–C) groups is 1. The third-order valence-corrected chi connectivity index (χ3v) is 5.87. The van der Waals surface area contributed by atoms with Crippen LogP contribution in [-0.4, -0.2) is 67.5 Å². The molecule has 2 saturated carbocycles. The van der Waals surface area contributed by atoms with Crippen LogP contribution < -0.4 is 11.1 Å². The molecule has 3 rings (SSSR count). The summed E-state index contributed by atoms with van der Waals surface area (Å²) in [6, 6.07) is 0. The minimum absolute atomic E-state index is 0.310. The van der Waals surface area contributed by atoms with Gasteiger partial charge in [-0.25, -0.2) is 0 Å². The molecule has 6 nitrogen and oxygen atoms in total. The first kappa shape index (κ1) is 17.5. The molecule has 0 spiro atoms. The van der Waals surface area contributed by atoms with Crippen LogP contribution in [0.4, 0.5) is 0 Å². The van der Waals surface area contributed by atoms with Gasteiger partial charge in [-0.15, -0.1) is 0 Å². The van der Waals surface area contributed by atoms with Gasteiger partial charge in [0.15, 0.2) is 5.96 Å². The van der Waals surface area contributed by atoms with Crippen LogP contribution in [0.25, 0.3) is 0 Å². The molecule has 0 aromatic carbocycles. The van der Waals surface area contributed by atoms with Gasteiger partial charge in [-0.3, -0.25) is 14.7 Å². The number of guanidine groups is 1. The molecular weight excluding hydrogens is 302 g/mol. The summed E-state index contributed by atoms with van der Waals surface area (Å²) in [4.78, 5) is 21.3. The Morgan fingerprint density at radius 1 is 1.04 bits per heavy atom. The van der Waals surface area contributed by atoms with E-state index in [-0.39, 0.29) is 0 Å². The number of nitrogens with zero attached hydrogens (tertiary/aromatic N) is 3. The SMILES string of the molecule is NC(=NCC1CCC1)NCCN1CCN(C(=O)C2CCCC2)CC1. The van der Waals surface area contributed by atoms with Gasteiger partial charge in [0.05, 0.1) is 0 Å². The fourth-order valence-electron chi connectivity index (χ4n) is 3.92. The van der Waals surface area contributed by atoms with E-state index in [1.165, 1.54) is 32.1 Å². The van der Waals surface area contributed by atoms with Crippen molar-refractivity contribution in [1.29, 1.82) is 0 Å². The van der Waals surface area contributed by atoms with E-state index in [4.69, 9.17) is 5.73 Å². The Balaban J connectivity index is 1.28. The minimum Gasteiger partial charge on any atom is -0.370 e. The number of amides is 1. The third-order valence-electron chi connectivity index (χ3n) is 5.87. The summed E-state index contributed by atoms with van der Waals surface area (Å²) in [5, 5.41) is 3.22. The maximum absolute atomic E-state index is 12.4. The van der Waals surface area contributed by atoms with Gasteiger partial charge in [-0.1, -0.05) is 19.3 Å². The molecule has 0 unspecified atom stereocenters. The summed E-state index contributed by atoms with van der Waals surface area (Å²) in [7, 11) is 0. The molecule has 6 heteroatoms. The van der Waals surface area contributed by atoms with E-state index < -0.39 is 0 Å². The Morgan fingerprint density at radius 3 is 2.38 bits per heavy atom. The summed E-state index contributed by atoms with van der Waals surface area (Å²) in [5.74, 6) is 2.05. The van der Waals surface area contributed by atoms with Crippen LogP contribution in [0.15, 0.2) is 4.99 Å². The monoisotopic (exact) mass is 335 g/mol. The molecule has 0 atom stereocenters. The Hall–Kier alpha value is -1.30. The Labute approximate surface area is 145 Å². The van der Waals surface area contributed by atoms with E-state index in [9.17, 15) is 4.79 Å². The second-order valence-electron chi connectivity index (χ2n) is 7.60. The Bertz CT molecular complexity index is 435. The number of hydrogen-bond donors (Lipinski definition) is 2. The summed E-state index contributed by atoms with van der Waals surface area (Å²) < 4.78 is 0. The van der Waals surface area contributed by atoms with Gasteiger partial charge in [-0.05, 0) is 31.6 Å². The highest BCUT2D eigenvalue weighted by atomic mass is 16.2. The lowest BCUT2D eigenvalue weighted by Gasteiger charge is -2.36. The Morgan fingerprint density at radius 2 is 1.75 bits per heavy atom. The summed E-state index contributed by atoms with van der Waals surface area (Å²) >= 11 is 0. The van der Waals surface area contributed by atoms with Crippen LogP contribution in [0.2, 0.25) is 0 Å². The minimum atomic E-state index is 0.310. The average Bonchev–Trinajstić information content (AvgIpc) is 3.08. The normalized spacial score (nSPS) is 24.2. The molecule has 1 heterocycles. The molecule has 3 fully saturated rings. The molecule has 0 bridgehead atoms. The molecule has 3 aliphatic rings. The zero-order valence-electron chi connectivity index (χ0n) is 14.9. The number of nitrogens with two attached hydrogens (primary N) is 1. The number of nitrogens with one attached hydrogen (secondary N) is 1. The fraction of sp³-hybridized carbons (Fsp3) is 0.889. The number of piperazine rings is 1. The molecule has 1 amide bonds. The third kappa shape index (κ3) is 4.85. The predicted molar refractivity (Wildman–Crippen MR) is 96.8 cm³/mol. The van der Waals surface area contributed by atoms with Crippen LogP contribution >= 0.6 is 0 Å². The van der Waals surface area contributed by atoms with Crippen LogP contribution in [0, 0.1) is 11.8 Å². The molecule has 0 aromatic rings. The van der Waals surface area contributed by atoms with Gasteiger partial charge in [0.25, 0.3) is 0 Å². The largest absolute Gasteiger partial charge is 0.370 e. The van der Waals surface area contributed by atoms with Crippen LogP contribution in [0.5, 0.6) is 0 Å². The topological polar surface area (TPSA) is 74.0 Å². The molecule has 0 aromatic heterocycles. The fourth-order valence-corrected chi connectivity index (χ4v) is 3.92. The van der Waals surface area contributed by atoms with Crippen LogP contribution in [-0.2, 0) is 4.79 Å². The number of carbonyl (C=O) groups excluding carboxylic acids is 1. The van der Waals surface area contributed by atoms with Gasteiger partial charge >= 0.3 is 0 Å². The van der Waals surface area contributed by atoms with Crippen LogP contribution in [0.1, 0.15) is 44.9 Å². The summed E-state index contributed by atoms with van der Waals surface area (Å²) in [6.45, 7) is 6.36. The molecule has 136 valence electrons. The van der Waals surface area contributed by atoms with Crippen molar-refractivity contribution < 1.29 is 4.79 Å². The lowest BCUT2D eigenvalue weighted by atomic mass is 9.86.